The number of anilines is 1. The Morgan fingerprint density at radius 3 is 2.71 bits per heavy atom. The first-order valence-corrected chi connectivity index (χ1v) is 12.5. The number of carbonyl (C=O) groups excluding carboxylic acids is 4. The zero-order chi connectivity index (χ0) is 24.8. The van der Waals surface area contributed by atoms with Crippen LogP contribution in [0.15, 0.2) is 46.9 Å². The van der Waals surface area contributed by atoms with Crippen molar-refractivity contribution >= 4 is 57.6 Å². The standard InChI is InChI=1S/C24H21N3O6S2/c1-2-32-24(31)19-16-8-4-9-17(16)35-22(19)26-20(28)21(29)27-25-13-14-6-3-7-15(12-14)33-23(30)18-10-5-11-34-18/h3,5-7,10-13H,2,4,8-9H2,1H3,(H,26,28)(H,27,29)/b25-13+. The van der Waals surface area contributed by atoms with E-state index in [0.717, 1.165) is 29.7 Å². The highest BCUT2D eigenvalue weighted by atomic mass is 32.1. The molecule has 35 heavy (non-hydrogen) atoms. The van der Waals surface area contributed by atoms with Crippen molar-refractivity contribution in [3.63, 3.8) is 0 Å². The molecule has 2 aromatic heterocycles. The quantitative estimate of drug-likeness (QED) is 0.164. The zero-order valence-electron chi connectivity index (χ0n) is 18.7. The van der Waals surface area contributed by atoms with E-state index in [0.29, 0.717) is 26.8 Å². The van der Waals surface area contributed by atoms with Crippen molar-refractivity contribution in [3.05, 3.63) is 68.2 Å². The summed E-state index contributed by atoms with van der Waals surface area (Å²) in [5.74, 6) is -2.62. The van der Waals surface area contributed by atoms with Gasteiger partial charge in [-0.3, -0.25) is 9.59 Å². The molecule has 3 aromatic rings. The van der Waals surface area contributed by atoms with Crippen LogP contribution in [0, 0.1) is 0 Å². The molecule has 2 N–H and O–H groups in total. The summed E-state index contributed by atoms with van der Waals surface area (Å²) in [5.41, 5.74) is 3.90. The van der Waals surface area contributed by atoms with Crippen LogP contribution in [0.5, 0.6) is 5.75 Å². The van der Waals surface area contributed by atoms with Crippen LogP contribution < -0.4 is 15.5 Å². The van der Waals surface area contributed by atoms with Crippen LogP contribution in [0.3, 0.4) is 0 Å². The second kappa shape index (κ2) is 11.1. The smallest absolute Gasteiger partial charge is 0.353 e. The Bertz CT molecular complexity index is 1300. The highest BCUT2D eigenvalue weighted by molar-refractivity contribution is 7.17. The minimum atomic E-state index is -0.995. The number of ether oxygens (including phenoxy) is 2. The Morgan fingerprint density at radius 2 is 1.94 bits per heavy atom. The number of nitrogens with one attached hydrogen (secondary N) is 2. The maximum atomic E-state index is 12.4. The van der Waals surface area contributed by atoms with E-state index in [1.807, 2.05) is 0 Å². The van der Waals surface area contributed by atoms with Gasteiger partial charge in [0.25, 0.3) is 0 Å². The summed E-state index contributed by atoms with van der Waals surface area (Å²) < 4.78 is 10.5. The third-order valence-corrected chi connectivity index (χ3v) is 7.06. The highest BCUT2D eigenvalue weighted by Crippen LogP contribution is 2.39. The van der Waals surface area contributed by atoms with Gasteiger partial charge >= 0.3 is 23.8 Å². The van der Waals surface area contributed by atoms with Crippen molar-refractivity contribution in [1.82, 2.24) is 5.43 Å². The monoisotopic (exact) mass is 511 g/mol. The van der Waals surface area contributed by atoms with E-state index in [2.05, 4.69) is 15.8 Å². The van der Waals surface area contributed by atoms with E-state index in [-0.39, 0.29) is 6.61 Å². The molecular formula is C24H21N3O6S2. The van der Waals surface area contributed by atoms with Crippen LogP contribution in [0.2, 0.25) is 0 Å². The highest BCUT2D eigenvalue weighted by Gasteiger charge is 2.29. The number of nitrogens with zero attached hydrogens (tertiary/aromatic N) is 1. The molecule has 0 aliphatic heterocycles. The van der Waals surface area contributed by atoms with E-state index >= 15 is 0 Å². The lowest BCUT2D eigenvalue weighted by Crippen LogP contribution is -2.32. The summed E-state index contributed by atoms with van der Waals surface area (Å²) >= 11 is 2.56. The Hall–Kier alpha value is -3.83. The Labute approximate surface area is 208 Å². The molecule has 4 rings (SSSR count). The second-order valence-electron chi connectivity index (χ2n) is 7.37. The Balaban J connectivity index is 1.36. The van der Waals surface area contributed by atoms with Gasteiger partial charge in [-0.1, -0.05) is 18.2 Å². The molecule has 2 amide bonds. The number of hydrazone groups is 1. The van der Waals surface area contributed by atoms with Gasteiger partial charge in [0.15, 0.2) is 0 Å². The Kier molecular flexibility index (Phi) is 7.68. The average molecular weight is 512 g/mol. The molecule has 0 atom stereocenters. The number of amides is 2. The molecule has 0 spiro atoms. The molecule has 9 nitrogen and oxygen atoms in total. The van der Waals surface area contributed by atoms with E-state index < -0.39 is 23.8 Å². The minimum absolute atomic E-state index is 0.209. The molecule has 0 unspecified atom stereocenters. The van der Waals surface area contributed by atoms with Gasteiger partial charge in [-0.05, 0) is 60.9 Å². The number of aryl methyl sites for hydroxylation is 1. The van der Waals surface area contributed by atoms with Crippen molar-refractivity contribution in [1.29, 1.82) is 0 Å². The predicted octanol–water partition coefficient (Wildman–Crippen LogP) is 3.78. The van der Waals surface area contributed by atoms with Gasteiger partial charge in [-0.15, -0.1) is 22.7 Å². The molecule has 1 aliphatic rings. The lowest BCUT2D eigenvalue weighted by atomic mass is 10.1. The predicted molar refractivity (Wildman–Crippen MR) is 132 cm³/mol. The molecule has 0 fully saturated rings. The maximum Gasteiger partial charge on any atom is 0.353 e. The largest absolute Gasteiger partial charge is 0.462 e. The van der Waals surface area contributed by atoms with Crippen LogP contribution in [-0.4, -0.2) is 36.6 Å². The van der Waals surface area contributed by atoms with Gasteiger partial charge in [-0.2, -0.15) is 5.10 Å². The fourth-order valence-electron chi connectivity index (χ4n) is 3.50. The van der Waals surface area contributed by atoms with Crippen molar-refractivity contribution in [3.8, 4) is 5.75 Å². The topological polar surface area (TPSA) is 123 Å². The number of carbonyl (C=O) groups is 4. The summed E-state index contributed by atoms with van der Waals surface area (Å²) in [5, 5.41) is 8.39. The molecule has 1 aromatic carbocycles. The number of benzene rings is 1. The normalized spacial score (nSPS) is 12.3. The molecule has 1 aliphatic carbocycles. The van der Waals surface area contributed by atoms with Crippen molar-refractivity contribution in [2.45, 2.75) is 26.2 Å². The molecule has 180 valence electrons. The molecular weight excluding hydrogens is 490 g/mol. The van der Waals surface area contributed by atoms with Crippen LogP contribution >= 0.6 is 22.7 Å². The van der Waals surface area contributed by atoms with Crippen LogP contribution in [0.4, 0.5) is 5.00 Å². The fraction of sp³-hybridized carbons (Fsp3) is 0.208. The van der Waals surface area contributed by atoms with Gasteiger partial charge in [0, 0.05) is 4.88 Å². The second-order valence-corrected chi connectivity index (χ2v) is 9.43. The zero-order valence-corrected chi connectivity index (χ0v) is 20.3. The number of fused-ring (bicyclic) bond motifs is 1. The molecule has 0 saturated heterocycles. The number of rotatable bonds is 7. The molecule has 0 bridgehead atoms. The summed E-state index contributed by atoms with van der Waals surface area (Å²) in [4.78, 5) is 50.6. The maximum absolute atomic E-state index is 12.4. The Morgan fingerprint density at radius 1 is 1.09 bits per heavy atom. The minimum Gasteiger partial charge on any atom is -0.462 e. The summed E-state index contributed by atoms with van der Waals surface area (Å²) in [7, 11) is 0. The first kappa shape index (κ1) is 24.3. The number of esters is 2. The van der Waals surface area contributed by atoms with Gasteiger partial charge in [0.2, 0.25) is 0 Å². The van der Waals surface area contributed by atoms with E-state index in [4.69, 9.17) is 9.47 Å². The van der Waals surface area contributed by atoms with Gasteiger partial charge in [-0.25, -0.2) is 15.0 Å². The molecule has 2 heterocycles. The average Bonchev–Trinajstić information content (AvgIpc) is 3.57. The van der Waals surface area contributed by atoms with Crippen LogP contribution in [0.25, 0.3) is 0 Å². The molecule has 0 saturated carbocycles. The number of hydrogen-bond donors (Lipinski definition) is 2. The third kappa shape index (κ3) is 5.81. The van der Waals surface area contributed by atoms with Gasteiger partial charge < -0.3 is 14.8 Å². The van der Waals surface area contributed by atoms with E-state index in [9.17, 15) is 19.2 Å². The van der Waals surface area contributed by atoms with Gasteiger partial charge in [0.1, 0.15) is 15.6 Å². The first-order chi connectivity index (χ1) is 17.0. The lowest BCUT2D eigenvalue weighted by Gasteiger charge is -2.07. The number of hydrogen-bond acceptors (Lipinski definition) is 9. The van der Waals surface area contributed by atoms with Gasteiger partial charge in [0.05, 0.1) is 18.4 Å². The van der Waals surface area contributed by atoms with E-state index in [1.165, 1.54) is 28.9 Å². The summed E-state index contributed by atoms with van der Waals surface area (Å²) in [6.07, 6.45) is 3.80. The lowest BCUT2D eigenvalue weighted by molar-refractivity contribution is -0.136. The summed E-state index contributed by atoms with van der Waals surface area (Å²) in [6, 6.07) is 9.97. The van der Waals surface area contributed by atoms with Crippen LogP contribution in [0.1, 0.15) is 49.4 Å². The summed E-state index contributed by atoms with van der Waals surface area (Å²) in [6.45, 7) is 1.91. The molecule has 0 radical (unpaired) electrons. The van der Waals surface area contributed by atoms with E-state index in [1.54, 1.807) is 48.7 Å². The van der Waals surface area contributed by atoms with Crippen molar-refractivity contribution < 1.29 is 28.7 Å². The van der Waals surface area contributed by atoms with Crippen LogP contribution in [-0.2, 0) is 27.2 Å². The fourth-order valence-corrected chi connectivity index (χ4v) is 5.37. The van der Waals surface area contributed by atoms with Crippen molar-refractivity contribution in [2.24, 2.45) is 5.10 Å². The first-order valence-electron chi connectivity index (χ1n) is 10.8. The third-order valence-electron chi connectivity index (χ3n) is 5.00. The SMILES string of the molecule is CCOC(=O)c1c(NC(=O)C(=O)N/N=C/c2cccc(OC(=O)c3cccs3)c2)sc2c1CCC2. The molecule has 11 heteroatoms. The number of thiophene rings is 2. The van der Waals surface area contributed by atoms with Crippen molar-refractivity contribution in [2.75, 3.05) is 11.9 Å².